The Balaban J connectivity index is 1.91. The van der Waals surface area contributed by atoms with Gasteiger partial charge in [-0.2, -0.15) is 0 Å². The summed E-state index contributed by atoms with van der Waals surface area (Å²) in [5.41, 5.74) is -1.81. The third kappa shape index (κ3) is 2.71. The van der Waals surface area contributed by atoms with Crippen molar-refractivity contribution in [2.24, 2.45) is 11.8 Å². The molecular weight excluding hydrogens is 258 g/mol. The molecule has 1 unspecified atom stereocenters. The lowest BCUT2D eigenvalue weighted by molar-refractivity contribution is -0.186. The van der Waals surface area contributed by atoms with Gasteiger partial charge in [0.05, 0.1) is 12.7 Å². The van der Waals surface area contributed by atoms with E-state index < -0.39 is 17.7 Å². The van der Waals surface area contributed by atoms with Gasteiger partial charge in [-0.25, -0.2) is 4.79 Å². The number of rotatable bonds is 5. The van der Waals surface area contributed by atoms with Crippen LogP contribution in [0.5, 0.6) is 0 Å². The summed E-state index contributed by atoms with van der Waals surface area (Å²) in [6, 6.07) is 0.529. The SMILES string of the molecule is CC(C)[C@@](O)(C(=O)OCC1CCN2CCC[C@@H]12)[C@@H](C)O. The summed E-state index contributed by atoms with van der Waals surface area (Å²) < 4.78 is 5.35. The molecule has 2 rings (SSSR count). The van der Waals surface area contributed by atoms with Crippen molar-refractivity contribution in [2.45, 2.75) is 57.8 Å². The topological polar surface area (TPSA) is 70.0 Å². The lowest BCUT2D eigenvalue weighted by atomic mass is 9.85. The molecule has 0 amide bonds. The van der Waals surface area contributed by atoms with Gasteiger partial charge in [-0.1, -0.05) is 13.8 Å². The fourth-order valence-electron chi connectivity index (χ4n) is 3.57. The standard InChI is InChI=1S/C15H27NO4/c1-10(2)15(19,11(3)17)14(18)20-9-12-6-8-16-7-4-5-13(12)16/h10-13,17,19H,4-9H2,1-3H3/t11-,12?,13+,15+/m1/s1. The molecule has 5 heteroatoms. The Labute approximate surface area is 120 Å². The van der Waals surface area contributed by atoms with Crippen LogP contribution in [-0.4, -0.2) is 58.5 Å². The zero-order valence-corrected chi connectivity index (χ0v) is 12.7. The van der Waals surface area contributed by atoms with Gasteiger partial charge in [-0.05, 0) is 45.2 Å². The van der Waals surface area contributed by atoms with Crippen LogP contribution in [0.15, 0.2) is 0 Å². The molecule has 0 aliphatic carbocycles. The lowest BCUT2D eigenvalue weighted by Crippen LogP contribution is -2.53. The summed E-state index contributed by atoms with van der Waals surface area (Å²) in [4.78, 5) is 14.6. The minimum absolute atomic E-state index is 0.349. The number of esters is 1. The lowest BCUT2D eigenvalue weighted by Gasteiger charge is -2.33. The number of aliphatic hydroxyl groups is 2. The van der Waals surface area contributed by atoms with Gasteiger partial charge in [0.15, 0.2) is 5.60 Å². The van der Waals surface area contributed by atoms with Gasteiger partial charge in [0.2, 0.25) is 0 Å². The molecule has 0 saturated carbocycles. The Kier molecular flexibility index (Phi) is 4.72. The van der Waals surface area contributed by atoms with Crippen LogP contribution in [-0.2, 0) is 9.53 Å². The molecule has 2 fully saturated rings. The summed E-state index contributed by atoms with van der Waals surface area (Å²) in [6.45, 7) is 7.43. The smallest absolute Gasteiger partial charge is 0.341 e. The molecule has 0 spiro atoms. The normalized spacial score (nSPS) is 31.1. The van der Waals surface area contributed by atoms with Crippen LogP contribution in [0.4, 0.5) is 0 Å². The van der Waals surface area contributed by atoms with E-state index in [0.717, 1.165) is 19.5 Å². The molecule has 0 radical (unpaired) electrons. The van der Waals surface area contributed by atoms with E-state index in [-0.39, 0.29) is 5.92 Å². The van der Waals surface area contributed by atoms with Crippen LogP contribution in [0.3, 0.4) is 0 Å². The summed E-state index contributed by atoms with van der Waals surface area (Å²) in [7, 11) is 0. The maximum Gasteiger partial charge on any atom is 0.341 e. The van der Waals surface area contributed by atoms with Crippen LogP contribution in [0.25, 0.3) is 0 Å². The van der Waals surface area contributed by atoms with Crippen molar-refractivity contribution in [2.75, 3.05) is 19.7 Å². The molecule has 0 aromatic heterocycles. The highest BCUT2D eigenvalue weighted by Gasteiger charge is 2.46. The molecule has 4 atom stereocenters. The third-order valence-corrected chi connectivity index (χ3v) is 5.02. The summed E-state index contributed by atoms with van der Waals surface area (Å²) in [5.74, 6) is -0.715. The minimum Gasteiger partial charge on any atom is -0.463 e. The van der Waals surface area contributed by atoms with Crippen molar-refractivity contribution in [1.82, 2.24) is 4.90 Å². The molecule has 5 nitrogen and oxygen atoms in total. The quantitative estimate of drug-likeness (QED) is 0.731. The number of hydrogen-bond donors (Lipinski definition) is 2. The number of fused-ring (bicyclic) bond motifs is 1. The van der Waals surface area contributed by atoms with Crippen LogP contribution in [0, 0.1) is 11.8 Å². The van der Waals surface area contributed by atoms with Crippen molar-refractivity contribution < 1.29 is 19.7 Å². The fraction of sp³-hybridized carbons (Fsp3) is 0.933. The highest BCUT2D eigenvalue weighted by Crippen LogP contribution is 2.33. The molecular formula is C15H27NO4. The second-order valence-corrected chi connectivity index (χ2v) is 6.55. The van der Waals surface area contributed by atoms with Crippen LogP contribution in [0.1, 0.15) is 40.0 Å². The number of hydrogen-bond acceptors (Lipinski definition) is 5. The Morgan fingerprint density at radius 3 is 2.65 bits per heavy atom. The molecule has 0 aromatic carbocycles. The van der Waals surface area contributed by atoms with Gasteiger partial charge < -0.3 is 14.9 Å². The van der Waals surface area contributed by atoms with E-state index in [1.165, 1.54) is 19.8 Å². The first-order valence-corrected chi connectivity index (χ1v) is 7.69. The molecule has 2 aliphatic rings. The number of carbonyl (C=O) groups excluding carboxylic acids is 1. The zero-order valence-electron chi connectivity index (χ0n) is 12.7. The van der Waals surface area contributed by atoms with E-state index in [1.54, 1.807) is 13.8 Å². The second-order valence-electron chi connectivity index (χ2n) is 6.55. The van der Waals surface area contributed by atoms with E-state index in [1.807, 2.05) is 0 Å². The Bertz CT molecular complexity index is 348. The van der Waals surface area contributed by atoms with Crippen LogP contribution < -0.4 is 0 Å². The largest absolute Gasteiger partial charge is 0.463 e. The predicted molar refractivity (Wildman–Crippen MR) is 75.1 cm³/mol. The molecule has 2 aliphatic heterocycles. The molecule has 0 bridgehead atoms. The molecule has 2 heterocycles. The van der Waals surface area contributed by atoms with Crippen molar-refractivity contribution in [3.8, 4) is 0 Å². The Morgan fingerprint density at radius 2 is 2.05 bits per heavy atom. The van der Waals surface area contributed by atoms with E-state index >= 15 is 0 Å². The molecule has 2 saturated heterocycles. The van der Waals surface area contributed by atoms with Crippen molar-refractivity contribution in [1.29, 1.82) is 0 Å². The van der Waals surface area contributed by atoms with Gasteiger partial charge >= 0.3 is 5.97 Å². The first kappa shape index (κ1) is 15.7. The van der Waals surface area contributed by atoms with E-state index in [9.17, 15) is 15.0 Å². The summed E-state index contributed by atoms with van der Waals surface area (Å²) >= 11 is 0. The highest BCUT2D eigenvalue weighted by molar-refractivity contribution is 5.80. The second kappa shape index (κ2) is 6.00. The third-order valence-electron chi connectivity index (χ3n) is 5.02. The van der Waals surface area contributed by atoms with Crippen LogP contribution in [0.2, 0.25) is 0 Å². The minimum atomic E-state index is -1.81. The van der Waals surface area contributed by atoms with E-state index in [2.05, 4.69) is 4.90 Å². The average molecular weight is 285 g/mol. The molecule has 2 N–H and O–H groups in total. The molecule has 116 valence electrons. The monoisotopic (exact) mass is 285 g/mol. The van der Waals surface area contributed by atoms with Crippen molar-refractivity contribution >= 4 is 5.97 Å². The van der Waals surface area contributed by atoms with Gasteiger partial charge in [0.1, 0.15) is 0 Å². The number of carbonyl (C=O) groups is 1. The van der Waals surface area contributed by atoms with Crippen molar-refractivity contribution in [3.05, 3.63) is 0 Å². The summed E-state index contributed by atoms with van der Waals surface area (Å²) in [5, 5.41) is 20.1. The number of ether oxygens (including phenoxy) is 1. The first-order valence-electron chi connectivity index (χ1n) is 7.69. The van der Waals surface area contributed by atoms with E-state index in [4.69, 9.17) is 4.74 Å². The van der Waals surface area contributed by atoms with Gasteiger partial charge in [0.25, 0.3) is 0 Å². The number of nitrogens with zero attached hydrogens (tertiary/aromatic N) is 1. The molecule has 20 heavy (non-hydrogen) atoms. The highest BCUT2D eigenvalue weighted by atomic mass is 16.6. The fourth-order valence-corrected chi connectivity index (χ4v) is 3.57. The van der Waals surface area contributed by atoms with E-state index in [0.29, 0.717) is 18.6 Å². The maximum absolute atomic E-state index is 12.2. The van der Waals surface area contributed by atoms with Crippen LogP contribution >= 0.6 is 0 Å². The first-order chi connectivity index (χ1) is 9.37. The van der Waals surface area contributed by atoms with Gasteiger partial charge in [-0.3, -0.25) is 4.90 Å². The zero-order chi connectivity index (χ0) is 14.9. The van der Waals surface area contributed by atoms with Crippen molar-refractivity contribution in [3.63, 3.8) is 0 Å². The Hall–Kier alpha value is -0.650. The predicted octanol–water partition coefficient (Wildman–Crippen LogP) is 0.782. The number of aliphatic hydroxyl groups excluding tert-OH is 1. The average Bonchev–Trinajstić information content (AvgIpc) is 2.97. The van der Waals surface area contributed by atoms with Gasteiger partial charge in [-0.15, -0.1) is 0 Å². The Morgan fingerprint density at radius 1 is 1.35 bits per heavy atom. The molecule has 0 aromatic rings. The maximum atomic E-state index is 12.2. The van der Waals surface area contributed by atoms with Gasteiger partial charge in [0, 0.05) is 12.0 Å². The summed E-state index contributed by atoms with van der Waals surface area (Å²) in [6.07, 6.45) is 2.31.